The Bertz CT molecular complexity index is 945. The number of oxazole rings is 1. The number of nitrogens with zero attached hydrogens (tertiary/aromatic N) is 3. The summed E-state index contributed by atoms with van der Waals surface area (Å²) < 4.78 is 6.35. The summed E-state index contributed by atoms with van der Waals surface area (Å²) in [5, 5.41) is 6.73. The van der Waals surface area contributed by atoms with Gasteiger partial charge in [-0.05, 0) is 36.0 Å². The largest absolute Gasteiger partial charge is 0.423 e. The molecule has 5 nitrogen and oxygen atoms in total. The summed E-state index contributed by atoms with van der Waals surface area (Å²) in [6.07, 6.45) is 5.66. The maximum Gasteiger partial charge on any atom is 0.298 e. The van der Waals surface area contributed by atoms with Crippen LogP contribution in [0.4, 0.5) is 6.01 Å². The van der Waals surface area contributed by atoms with Crippen LogP contribution in [0.2, 0.25) is 0 Å². The monoisotopic (exact) mass is 382 g/mol. The van der Waals surface area contributed by atoms with Crippen molar-refractivity contribution >= 4 is 28.5 Å². The molecule has 2 atom stereocenters. The first kappa shape index (κ1) is 17.2. The molecule has 1 aromatic carbocycles. The third kappa shape index (κ3) is 3.15. The Morgan fingerprint density at radius 3 is 2.63 bits per heavy atom. The van der Waals surface area contributed by atoms with Gasteiger partial charge in [-0.25, -0.2) is 4.98 Å². The zero-order valence-electron chi connectivity index (χ0n) is 16.2. The Balaban J connectivity index is 1.61. The molecule has 2 bridgehead atoms. The van der Waals surface area contributed by atoms with Crippen molar-refractivity contribution in [1.82, 2.24) is 15.3 Å². The first-order chi connectivity index (χ1) is 13.0. The van der Waals surface area contributed by atoms with Gasteiger partial charge < -0.3 is 14.6 Å². The summed E-state index contributed by atoms with van der Waals surface area (Å²) in [5.74, 6) is 0. The highest BCUT2D eigenvalue weighted by Crippen LogP contribution is 2.37. The van der Waals surface area contributed by atoms with Gasteiger partial charge in [0.1, 0.15) is 10.5 Å². The minimum absolute atomic E-state index is 0.0470. The lowest BCUT2D eigenvalue weighted by Gasteiger charge is -2.41. The number of fused-ring (bicyclic) bond motifs is 3. The molecule has 0 radical (unpaired) electrons. The van der Waals surface area contributed by atoms with Crippen molar-refractivity contribution in [2.24, 2.45) is 0 Å². The number of thiazole rings is 1. The van der Waals surface area contributed by atoms with E-state index in [0.29, 0.717) is 12.1 Å². The Morgan fingerprint density at radius 1 is 1.19 bits per heavy atom. The molecule has 0 saturated carbocycles. The number of piperazine rings is 1. The predicted molar refractivity (Wildman–Crippen MR) is 111 cm³/mol. The van der Waals surface area contributed by atoms with Crippen LogP contribution in [0.1, 0.15) is 45.6 Å². The highest BCUT2D eigenvalue weighted by Gasteiger charge is 2.32. The quantitative estimate of drug-likeness (QED) is 0.703. The van der Waals surface area contributed by atoms with E-state index in [1.807, 2.05) is 11.6 Å². The third-order valence-electron chi connectivity index (χ3n) is 5.74. The highest BCUT2D eigenvalue weighted by molar-refractivity contribution is 7.13. The maximum atomic E-state index is 6.35. The molecule has 27 heavy (non-hydrogen) atoms. The summed E-state index contributed by atoms with van der Waals surface area (Å²) >= 11 is 1.65. The molecular formula is C21H26N4OS. The molecule has 0 spiro atoms. The lowest BCUT2D eigenvalue weighted by Crippen LogP contribution is -2.58. The Labute approximate surface area is 163 Å². The van der Waals surface area contributed by atoms with Crippen LogP contribution >= 0.6 is 11.3 Å². The van der Waals surface area contributed by atoms with Crippen LogP contribution in [0.3, 0.4) is 0 Å². The fourth-order valence-corrected chi connectivity index (χ4v) is 4.92. The lowest BCUT2D eigenvalue weighted by atomic mass is 9.86. The van der Waals surface area contributed by atoms with Gasteiger partial charge in [-0.1, -0.05) is 27.2 Å². The summed E-state index contributed by atoms with van der Waals surface area (Å²) in [6, 6.07) is 6.27. The van der Waals surface area contributed by atoms with Gasteiger partial charge in [0, 0.05) is 36.8 Å². The third-order valence-corrected chi connectivity index (χ3v) is 6.54. The second kappa shape index (κ2) is 6.31. The average molecular weight is 383 g/mol. The fraction of sp³-hybridized carbons (Fsp3) is 0.524. The van der Waals surface area contributed by atoms with Gasteiger partial charge in [-0.2, -0.15) is 4.98 Å². The summed E-state index contributed by atoms with van der Waals surface area (Å²) in [5.41, 5.74) is 4.16. The first-order valence-corrected chi connectivity index (χ1v) is 10.7. The second-order valence-corrected chi connectivity index (χ2v) is 9.75. The van der Waals surface area contributed by atoms with Crippen LogP contribution in [0, 0.1) is 0 Å². The minimum Gasteiger partial charge on any atom is -0.423 e. The molecule has 2 fully saturated rings. The van der Waals surface area contributed by atoms with E-state index in [4.69, 9.17) is 9.40 Å². The van der Waals surface area contributed by atoms with E-state index in [9.17, 15) is 0 Å². The number of aromatic nitrogens is 2. The van der Waals surface area contributed by atoms with Crippen molar-refractivity contribution in [1.29, 1.82) is 0 Å². The molecule has 2 saturated heterocycles. The van der Waals surface area contributed by atoms with Gasteiger partial charge >= 0.3 is 0 Å². The average Bonchev–Trinajstić information content (AvgIpc) is 3.29. The van der Waals surface area contributed by atoms with E-state index >= 15 is 0 Å². The Kier molecular flexibility index (Phi) is 4.02. The van der Waals surface area contributed by atoms with Crippen molar-refractivity contribution in [2.75, 3.05) is 18.0 Å². The molecule has 142 valence electrons. The summed E-state index contributed by atoms with van der Waals surface area (Å²) in [7, 11) is 0. The van der Waals surface area contributed by atoms with Crippen LogP contribution in [0.25, 0.3) is 21.7 Å². The molecule has 4 heterocycles. The molecule has 0 amide bonds. The van der Waals surface area contributed by atoms with E-state index in [1.165, 1.54) is 24.8 Å². The van der Waals surface area contributed by atoms with Crippen molar-refractivity contribution in [2.45, 2.75) is 57.5 Å². The Hall–Kier alpha value is -1.92. The van der Waals surface area contributed by atoms with E-state index in [1.54, 1.807) is 11.3 Å². The van der Waals surface area contributed by atoms with Crippen LogP contribution in [0.5, 0.6) is 0 Å². The second-order valence-electron chi connectivity index (χ2n) is 8.85. The molecule has 5 rings (SSSR count). The van der Waals surface area contributed by atoms with Crippen molar-refractivity contribution < 1.29 is 4.42 Å². The minimum atomic E-state index is 0.0470. The maximum absolute atomic E-state index is 6.35. The SMILES string of the molecule is CC(C)(C)c1cc(-c2nccs2)c2oc(N3CC4CCCC(C3)N4)nc2c1. The van der Waals surface area contributed by atoms with Gasteiger partial charge in [0.25, 0.3) is 6.01 Å². The van der Waals surface area contributed by atoms with E-state index in [2.05, 4.69) is 48.1 Å². The number of piperidine rings is 1. The molecule has 2 aromatic heterocycles. The zero-order valence-corrected chi connectivity index (χ0v) is 17.0. The van der Waals surface area contributed by atoms with Crippen LogP contribution in [-0.2, 0) is 5.41 Å². The van der Waals surface area contributed by atoms with Gasteiger partial charge in [0.2, 0.25) is 0 Å². The number of benzene rings is 1. The summed E-state index contributed by atoms with van der Waals surface area (Å²) in [6.45, 7) is 8.65. The smallest absolute Gasteiger partial charge is 0.298 e. The first-order valence-electron chi connectivity index (χ1n) is 9.83. The van der Waals surface area contributed by atoms with Crippen LogP contribution in [0.15, 0.2) is 28.1 Å². The standard InChI is InChI=1S/C21H26N4OS/c1-21(2,3)13-9-16(19-22-7-8-27-19)18-17(10-13)24-20(26-18)25-11-14-5-4-6-15(12-25)23-14/h7-10,14-15,23H,4-6,11-12H2,1-3H3. The molecular weight excluding hydrogens is 356 g/mol. The Morgan fingerprint density at radius 2 is 1.96 bits per heavy atom. The van der Waals surface area contributed by atoms with Gasteiger partial charge in [0.15, 0.2) is 5.58 Å². The van der Waals surface area contributed by atoms with Crippen LogP contribution in [-0.4, -0.2) is 35.1 Å². The number of anilines is 1. The number of hydrogen-bond donors (Lipinski definition) is 1. The van der Waals surface area contributed by atoms with E-state index in [0.717, 1.165) is 40.8 Å². The van der Waals surface area contributed by atoms with Gasteiger partial charge in [0.05, 0.1) is 5.56 Å². The number of nitrogens with one attached hydrogen (secondary N) is 1. The molecule has 2 unspecified atom stereocenters. The number of rotatable bonds is 2. The van der Waals surface area contributed by atoms with E-state index in [-0.39, 0.29) is 5.41 Å². The topological polar surface area (TPSA) is 54.2 Å². The molecule has 1 N–H and O–H groups in total. The molecule has 3 aromatic rings. The fourth-order valence-electron chi connectivity index (χ4n) is 4.27. The normalized spacial score (nSPS) is 23.1. The lowest BCUT2D eigenvalue weighted by molar-refractivity contribution is 0.276. The molecule has 2 aliphatic heterocycles. The van der Waals surface area contributed by atoms with Gasteiger partial charge in [-0.15, -0.1) is 11.3 Å². The summed E-state index contributed by atoms with van der Waals surface area (Å²) in [4.78, 5) is 11.8. The van der Waals surface area contributed by atoms with Gasteiger partial charge in [-0.3, -0.25) is 0 Å². The highest BCUT2D eigenvalue weighted by atomic mass is 32.1. The predicted octanol–water partition coefficient (Wildman–Crippen LogP) is 4.58. The zero-order chi connectivity index (χ0) is 18.6. The van der Waals surface area contributed by atoms with Crippen molar-refractivity contribution in [3.63, 3.8) is 0 Å². The van der Waals surface area contributed by atoms with Crippen LogP contribution < -0.4 is 10.2 Å². The molecule has 2 aliphatic rings. The van der Waals surface area contributed by atoms with E-state index < -0.39 is 0 Å². The molecule has 6 heteroatoms. The number of hydrogen-bond acceptors (Lipinski definition) is 6. The van der Waals surface area contributed by atoms with Crippen molar-refractivity contribution in [3.05, 3.63) is 29.3 Å². The molecule has 0 aliphatic carbocycles. The van der Waals surface area contributed by atoms with Crippen molar-refractivity contribution in [3.8, 4) is 10.6 Å².